The molecule has 8 heteroatoms. The first kappa shape index (κ1) is 19.2. The number of hydrogen-bond acceptors (Lipinski definition) is 3. The van der Waals surface area contributed by atoms with Crippen molar-refractivity contribution in [1.82, 2.24) is 0 Å². The molecule has 0 heterocycles. The van der Waals surface area contributed by atoms with Crippen molar-refractivity contribution in [2.45, 2.75) is 5.51 Å². The van der Waals surface area contributed by atoms with Gasteiger partial charge < -0.3 is 9.45 Å². The van der Waals surface area contributed by atoms with Gasteiger partial charge in [0.1, 0.15) is 0 Å². The highest BCUT2D eigenvalue weighted by Crippen LogP contribution is 2.20. The van der Waals surface area contributed by atoms with Crippen LogP contribution in [0.15, 0.2) is 38.0 Å². The van der Waals surface area contributed by atoms with Crippen LogP contribution in [-0.4, -0.2) is 38.1 Å². The van der Waals surface area contributed by atoms with E-state index < -0.39 is 15.6 Å². The smallest absolute Gasteiger partial charge is 0.485 e. The summed E-state index contributed by atoms with van der Waals surface area (Å²) < 4.78 is 58.9. The molecule has 0 saturated heterocycles. The summed E-state index contributed by atoms with van der Waals surface area (Å²) in [5.74, 6) is 0. The number of nitrogens with one attached hydrogen (secondary N) is 1. The lowest BCUT2D eigenvalue weighted by Gasteiger charge is -2.12. The van der Waals surface area contributed by atoms with Crippen molar-refractivity contribution in [2.24, 2.45) is 0 Å². The SMILES string of the molecule is C=CC[NH+](CC=C)CC=C.O=S(=O)([O-])C(F)(F)F. The quantitative estimate of drug-likeness (QED) is 0.439. The maximum Gasteiger partial charge on any atom is 0.485 e. The van der Waals surface area contributed by atoms with Gasteiger partial charge in [0.15, 0.2) is 10.1 Å². The second-order valence-corrected chi connectivity index (χ2v) is 4.50. The maximum atomic E-state index is 10.7. The van der Waals surface area contributed by atoms with Crippen LogP contribution in [0.4, 0.5) is 13.2 Å². The average molecular weight is 287 g/mol. The van der Waals surface area contributed by atoms with E-state index in [9.17, 15) is 13.2 Å². The van der Waals surface area contributed by atoms with Gasteiger partial charge in [-0.05, 0) is 18.2 Å². The number of halogens is 3. The van der Waals surface area contributed by atoms with Crippen molar-refractivity contribution in [2.75, 3.05) is 19.6 Å². The molecule has 106 valence electrons. The molecule has 0 aliphatic rings. The van der Waals surface area contributed by atoms with E-state index in [2.05, 4.69) is 19.7 Å². The Balaban J connectivity index is 0. The fourth-order valence-electron chi connectivity index (χ4n) is 0.862. The van der Waals surface area contributed by atoms with Crippen molar-refractivity contribution in [3.8, 4) is 0 Å². The molecular weight excluding hydrogens is 271 g/mol. The molecule has 0 atom stereocenters. The van der Waals surface area contributed by atoms with Gasteiger partial charge in [-0.15, -0.1) is 0 Å². The predicted molar refractivity (Wildman–Crippen MR) is 61.9 cm³/mol. The fraction of sp³-hybridized carbons (Fsp3) is 0.400. The lowest BCUT2D eigenvalue weighted by atomic mass is 10.4. The van der Waals surface area contributed by atoms with Crippen LogP contribution in [0.2, 0.25) is 0 Å². The zero-order chi connectivity index (χ0) is 14.8. The third kappa shape index (κ3) is 10.1. The van der Waals surface area contributed by atoms with Crippen molar-refractivity contribution in [1.29, 1.82) is 0 Å². The lowest BCUT2D eigenvalue weighted by Crippen LogP contribution is -3.11. The monoisotopic (exact) mass is 287 g/mol. The van der Waals surface area contributed by atoms with E-state index in [1.165, 1.54) is 4.90 Å². The Kier molecular flexibility index (Phi) is 9.50. The minimum Gasteiger partial charge on any atom is -0.741 e. The molecule has 0 rings (SSSR count). The molecule has 0 fully saturated rings. The zero-order valence-electron chi connectivity index (χ0n) is 9.74. The molecule has 0 aromatic rings. The molecule has 0 spiro atoms. The minimum absolute atomic E-state index is 0.984. The summed E-state index contributed by atoms with van der Waals surface area (Å²) >= 11 is 0. The zero-order valence-corrected chi connectivity index (χ0v) is 10.6. The molecule has 18 heavy (non-hydrogen) atoms. The van der Waals surface area contributed by atoms with E-state index in [1.54, 1.807) is 0 Å². The molecule has 0 saturated carbocycles. The Morgan fingerprint density at radius 2 is 1.22 bits per heavy atom. The van der Waals surface area contributed by atoms with Crippen molar-refractivity contribution >= 4 is 10.1 Å². The Labute approximate surface area is 105 Å². The molecule has 4 nitrogen and oxygen atoms in total. The van der Waals surface area contributed by atoms with Crippen molar-refractivity contribution in [3.05, 3.63) is 38.0 Å². The van der Waals surface area contributed by atoms with Crippen LogP contribution in [0.25, 0.3) is 0 Å². The van der Waals surface area contributed by atoms with E-state index in [0.29, 0.717) is 0 Å². The molecule has 0 aromatic heterocycles. The number of rotatable bonds is 6. The summed E-state index contributed by atoms with van der Waals surface area (Å²) in [7, 11) is -6.09. The molecule has 0 aromatic carbocycles. The van der Waals surface area contributed by atoms with Gasteiger partial charge >= 0.3 is 5.51 Å². The molecular formula is C10H16F3NO3S. The van der Waals surface area contributed by atoms with Crippen molar-refractivity contribution < 1.29 is 31.0 Å². The highest BCUT2D eigenvalue weighted by atomic mass is 32.2. The topological polar surface area (TPSA) is 61.6 Å². The fourth-order valence-corrected chi connectivity index (χ4v) is 0.862. The Bertz CT molecular complexity index is 339. The first-order chi connectivity index (χ1) is 8.10. The van der Waals surface area contributed by atoms with Gasteiger partial charge in [0, 0.05) is 0 Å². The van der Waals surface area contributed by atoms with Crippen LogP contribution < -0.4 is 4.90 Å². The Hall–Kier alpha value is -1.12. The van der Waals surface area contributed by atoms with Crippen molar-refractivity contribution in [3.63, 3.8) is 0 Å². The molecule has 0 aliphatic heterocycles. The molecule has 0 unspecified atom stereocenters. The number of hydrogen-bond donors (Lipinski definition) is 1. The Morgan fingerprint density at radius 3 is 1.33 bits per heavy atom. The first-order valence-corrected chi connectivity index (χ1v) is 6.19. The normalized spacial score (nSPS) is 11.4. The first-order valence-electron chi connectivity index (χ1n) is 4.78. The predicted octanol–water partition coefficient (Wildman–Crippen LogP) is 0.481. The van der Waals surface area contributed by atoms with Crippen LogP contribution in [-0.2, 0) is 10.1 Å². The summed E-state index contributed by atoms with van der Waals surface area (Å²) in [6, 6.07) is 0. The second kappa shape index (κ2) is 8.90. The van der Waals surface area contributed by atoms with Gasteiger partial charge in [-0.1, -0.05) is 19.7 Å². The van der Waals surface area contributed by atoms with E-state index in [4.69, 9.17) is 13.0 Å². The standard InChI is InChI=1S/C9H15N.CHF3O3S/c1-4-7-10(8-5-2)9-6-3;2-1(3,4)8(5,6)7/h4-6H,1-3,7-9H2;(H,5,6,7). The number of quaternary nitrogens is 1. The summed E-state index contributed by atoms with van der Waals surface area (Å²) in [5, 5.41) is 0. The van der Waals surface area contributed by atoms with Crippen LogP contribution >= 0.6 is 0 Å². The van der Waals surface area contributed by atoms with E-state index in [-0.39, 0.29) is 0 Å². The van der Waals surface area contributed by atoms with Gasteiger partial charge in [-0.3, -0.25) is 0 Å². The highest BCUT2D eigenvalue weighted by molar-refractivity contribution is 7.86. The summed E-state index contributed by atoms with van der Waals surface area (Å²) in [5.41, 5.74) is -5.65. The molecule has 0 aliphatic carbocycles. The lowest BCUT2D eigenvalue weighted by molar-refractivity contribution is -0.881. The van der Waals surface area contributed by atoms with E-state index in [0.717, 1.165) is 19.6 Å². The highest BCUT2D eigenvalue weighted by Gasteiger charge is 2.36. The maximum absolute atomic E-state index is 10.7. The summed E-state index contributed by atoms with van der Waals surface area (Å²) in [6.07, 6.45) is 5.76. The third-order valence-corrected chi connectivity index (χ3v) is 2.15. The van der Waals surface area contributed by atoms with Gasteiger partial charge in [0.05, 0.1) is 19.6 Å². The largest absolute Gasteiger partial charge is 0.741 e. The van der Waals surface area contributed by atoms with Crippen LogP contribution in [0.3, 0.4) is 0 Å². The molecule has 0 bridgehead atoms. The van der Waals surface area contributed by atoms with E-state index in [1.807, 2.05) is 18.2 Å². The van der Waals surface area contributed by atoms with E-state index >= 15 is 0 Å². The molecule has 0 radical (unpaired) electrons. The van der Waals surface area contributed by atoms with Gasteiger partial charge in [-0.25, -0.2) is 8.42 Å². The van der Waals surface area contributed by atoms with Crippen LogP contribution in [0, 0.1) is 0 Å². The van der Waals surface area contributed by atoms with Gasteiger partial charge in [-0.2, -0.15) is 13.2 Å². The second-order valence-electron chi connectivity index (χ2n) is 3.13. The third-order valence-electron chi connectivity index (χ3n) is 1.58. The van der Waals surface area contributed by atoms with Crippen LogP contribution in [0.1, 0.15) is 0 Å². The van der Waals surface area contributed by atoms with Gasteiger partial charge in [0.25, 0.3) is 0 Å². The Morgan fingerprint density at radius 1 is 1.00 bits per heavy atom. The molecule has 1 N–H and O–H groups in total. The summed E-state index contributed by atoms with van der Waals surface area (Å²) in [4.78, 5) is 1.43. The average Bonchev–Trinajstić information content (AvgIpc) is 2.16. The summed E-state index contributed by atoms with van der Waals surface area (Å²) in [6.45, 7) is 14.0. The van der Waals surface area contributed by atoms with Gasteiger partial charge in [0.2, 0.25) is 0 Å². The molecule has 0 amide bonds. The van der Waals surface area contributed by atoms with Crippen LogP contribution in [0.5, 0.6) is 0 Å². The minimum atomic E-state index is -6.09. The number of alkyl halides is 3.